The van der Waals surface area contributed by atoms with Crippen molar-refractivity contribution in [1.82, 2.24) is 24.6 Å². The smallest absolute Gasteiger partial charge is 0.244 e. The predicted octanol–water partition coefficient (Wildman–Crippen LogP) is 2.95. The highest BCUT2D eigenvalue weighted by molar-refractivity contribution is 5.76. The van der Waals surface area contributed by atoms with Gasteiger partial charge in [-0.25, -0.2) is 14.4 Å². The van der Waals surface area contributed by atoms with Crippen LogP contribution in [0, 0.1) is 5.82 Å². The van der Waals surface area contributed by atoms with Crippen LogP contribution in [0.15, 0.2) is 42.7 Å². The molecule has 0 spiro atoms. The number of carbonyl (C=O) groups is 1. The first-order chi connectivity index (χ1) is 15.1. The van der Waals surface area contributed by atoms with Crippen molar-refractivity contribution in [2.45, 2.75) is 33.2 Å². The Morgan fingerprint density at radius 1 is 1.03 bits per heavy atom. The summed E-state index contributed by atoms with van der Waals surface area (Å²) in [7, 11) is 0. The molecule has 0 N–H and O–H groups in total. The van der Waals surface area contributed by atoms with Crippen LogP contribution in [0.2, 0.25) is 0 Å². The van der Waals surface area contributed by atoms with Crippen LogP contribution in [-0.2, 0) is 24.2 Å². The molecule has 1 saturated heterocycles. The lowest BCUT2D eigenvalue weighted by molar-refractivity contribution is -0.132. The second-order valence-corrected chi connectivity index (χ2v) is 7.66. The average molecular weight is 423 g/mol. The summed E-state index contributed by atoms with van der Waals surface area (Å²) in [5.41, 5.74) is 4.29. The summed E-state index contributed by atoms with van der Waals surface area (Å²) >= 11 is 0. The molecular weight excluding hydrogens is 395 g/mol. The zero-order valence-electron chi connectivity index (χ0n) is 18.0. The molecule has 0 atom stereocenters. The average Bonchev–Trinajstić information content (AvgIpc) is 3.22. The van der Waals surface area contributed by atoms with E-state index in [2.05, 4.69) is 48.1 Å². The lowest BCUT2D eigenvalue weighted by Crippen LogP contribution is -2.50. The van der Waals surface area contributed by atoms with Crippen LogP contribution in [0.3, 0.4) is 0 Å². The SMILES string of the molecule is CCc1cccc(-c2cc(CC)n(CC(=O)N3CCN(c4ncc(F)cn4)CC3)n2)c1. The molecular formula is C23H27FN6O. The van der Waals surface area contributed by atoms with E-state index in [1.165, 1.54) is 5.56 Å². The summed E-state index contributed by atoms with van der Waals surface area (Å²) in [6.45, 7) is 6.82. The van der Waals surface area contributed by atoms with Crippen molar-refractivity contribution >= 4 is 11.9 Å². The molecule has 0 bridgehead atoms. The van der Waals surface area contributed by atoms with Gasteiger partial charge in [-0.2, -0.15) is 5.10 Å². The zero-order chi connectivity index (χ0) is 21.8. The third-order valence-corrected chi connectivity index (χ3v) is 5.66. The van der Waals surface area contributed by atoms with Gasteiger partial charge in [-0.3, -0.25) is 9.48 Å². The van der Waals surface area contributed by atoms with Crippen LogP contribution in [0.1, 0.15) is 25.1 Å². The zero-order valence-corrected chi connectivity index (χ0v) is 18.0. The number of halogens is 1. The van der Waals surface area contributed by atoms with Gasteiger partial charge in [0.2, 0.25) is 11.9 Å². The first kappa shape index (κ1) is 21.0. The molecule has 2 aromatic heterocycles. The fraction of sp³-hybridized carbons (Fsp3) is 0.391. The monoisotopic (exact) mass is 422 g/mol. The highest BCUT2D eigenvalue weighted by Gasteiger charge is 2.23. The Morgan fingerprint density at radius 2 is 1.77 bits per heavy atom. The van der Waals surface area contributed by atoms with Gasteiger partial charge in [0, 0.05) is 37.4 Å². The molecule has 1 aliphatic rings. The summed E-state index contributed by atoms with van der Waals surface area (Å²) < 4.78 is 14.9. The lowest BCUT2D eigenvalue weighted by atomic mass is 10.1. The topological polar surface area (TPSA) is 67.2 Å². The molecule has 1 amide bonds. The standard InChI is InChI=1S/C23H27FN6O/c1-3-17-6-5-7-18(12-17)21-13-20(4-2)30(27-21)16-22(31)28-8-10-29(11-9-28)23-25-14-19(24)15-26-23/h5-7,12-15H,3-4,8-11,16H2,1-2H3. The summed E-state index contributed by atoms with van der Waals surface area (Å²) in [6, 6.07) is 10.5. The largest absolute Gasteiger partial charge is 0.338 e. The molecule has 1 fully saturated rings. The van der Waals surface area contributed by atoms with E-state index in [0.29, 0.717) is 32.1 Å². The maximum absolute atomic E-state index is 13.0. The van der Waals surface area contributed by atoms with Gasteiger partial charge in [-0.05, 0) is 30.5 Å². The van der Waals surface area contributed by atoms with Crippen molar-refractivity contribution in [3.8, 4) is 11.3 Å². The molecule has 7 nitrogen and oxygen atoms in total. The van der Waals surface area contributed by atoms with Gasteiger partial charge in [0.1, 0.15) is 6.54 Å². The van der Waals surface area contributed by atoms with Gasteiger partial charge in [0.05, 0.1) is 18.1 Å². The highest BCUT2D eigenvalue weighted by atomic mass is 19.1. The Balaban J connectivity index is 1.41. The van der Waals surface area contributed by atoms with Crippen LogP contribution >= 0.6 is 0 Å². The van der Waals surface area contributed by atoms with Gasteiger partial charge in [0.15, 0.2) is 5.82 Å². The van der Waals surface area contributed by atoms with Crippen molar-refractivity contribution < 1.29 is 9.18 Å². The first-order valence-electron chi connectivity index (χ1n) is 10.7. The van der Waals surface area contributed by atoms with E-state index in [-0.39, 0.29) is 12.5 Å². The number of rotatable bonds is 6. The number of hydrogen-bond donors (Lipinski definition) is 0. The molecule has 3 aromatic rings. The van der Waals surface area contributed by atoms with Crippen molar-refractivity contribution in [3.05, 3.63) is 59.8 Å². The normalized spacial score (nSPS) is 14.2. The van der Waals surface area contributed by atoms with E-state index in [4.69, 9.17) is 5.10 Å². The number of aryl methyl sites for hydroxylation is 2. The summed E-state index contributed by atoms with van der Waals surface area (Å²) in [5.74, 6) is 0.0865. The number of benzene rings is 1. The van der Waals surface area contributed by atoms with E-state index in [0.717, 1.165) is 42.2 Å². The minimum absolute atomic E-state index is 0.0475. The molecule has 0 saturated carbocycles. The van der Waals surface area contributed by atoms with Gasteiger partial charge < -0.3 is 9.80 Å². The molecule has 0 radical (unpaired) electrons. The Labute approximate surface area is 181 Å². The Bertz CT molecular complexity index is 1040. The summed E-state index contributed by atoms with van der Waals surface area (Å²) in [4.78, 5) is 24.8. The van der Waals surface area contributed by atoms with Crippen LogP contribution in [0.4, 0.5) is 10.3 Å². The molecule has 31 heavy (non-hydrogen) atoms. The number of amides is 1. The van der Waals surface area contributed by atoms with Gasteiger partial charge in [-0.1, -0.05) is 32.0 Å². The van der Waals surface area contributed by atoms with Crippen LogP contribution < -0.4 is 4.90 Å². The fourth-order valence-electron chi connectivity index (χ4n) is 3.82. The maximum Gasteiger partial charge on any atom is 0.244 e. The van der Waals surface area contributed by atoms with Crippen molar-refractivity contribution in [3.63, 3.8) is 0 Å². The van der Waals surface area contributed by atoms with Gasteiger partial charge >= 0.3 is 0 Å². The third-order valence-electron chi connectivity index (χ3n) is 5.66. The molecule has 3 heterocycles. The highest BCUT2D eigenvalue weighted by Crippen LogP contribution is 2.21. The number of carbonyl (C=O) groups excluding carboxylic acids is 1. The first-order valence-corrected chi connectivity index (χ1v) is 10.7. The van der Waals surface area contributed by atoms with E-state index in [9.17, 15) is 9.18 Å². The molecule has 8 heteroatoms. The Hall–Kier alpha value is -3.29. The Morgan fingerprint density at radius 3 is 2.45 bits per heavy atom. The minimum Gasteiger partial charge on any atom is -0.338 e. The van der Waals surface area contributed by atoms with Gasteiger partial charge in [-0.15, -0.1) is 0 Å². The number of anilines is 1. The van der Waals surface area contributed by atoms with Crippen molar-refractivity contribution in [2.75, 3.05) is 31.1 Å². The predicted molar refractivity (Wildman–Crippen MR) is 117 cm³/mol. The number of nitrogens with zero attached hydrogens (tertiary/aromatic N) is 6. The van der Waals surface area contributed by atoms with E-state index in [1.54, 1.807) is 0 Å². The summed E-state index contributed by atoms with van der Waals surface area (Å²) in [5, 5.41) is 4.74. The minimum atomic E-state index is -0.454. The summed E-state index contributed by atoms with van der Waals surface area (Å²) in [6.07, 6.45) is 4.11. The second kappa shape index (κ2) is 9.24. The van der Waals surface area contributed by atoms with Crippen LogP contribution in [0.25, 0.3) is 11.3 Å². The van der Waals surface area contributed by atoms with E-state index in [1.807, 2.05) is 20.5 Å². The van der Waals surface area contributed by atoms with E-state index < -0.39 is 5.82 Å². The number of piperazine rings is 1. The van der Waals surface area contributed by atoms with Gasteiger partial charge in [0.25, 0.3) is 0 Å². The van der Waals surface area contributed by atoms with Crippen LogP contribution in [-0.4, -0.2) is 56.7 Å². The Kier molecular flexibility index (Phi) is 6.25. The van der Waals surface area contributed by atoms with E-state index >= 15 is 0 Å². The van der Waals surface area contributed by atoms with Crippen molar-refractivity contribution in [1.29, 1.82) is 0 Å². The molecule has 162 valence electrons. The lowest BCUT2D eigenvalue weighted by Gasteiger charge is -2.34. The third kappa shape index (κ3) is 4.73. The molecule has 0 unspecified atom stereocenters. The van der Waals surface area contributed by atoms with Crippen molar-refractivity contribution in [2.24, 2.45) is 0 Å². The quantitative estimate of drug-likeness (QED) is 0.611. The molecule has 0 aliphatic carbocycles. The number of hydrogen-bond acceptors (Lipinski definition) is 5. The second-order valence-electron chi connectivity index (χ2n) is 7.66. The molecule has 1 aliphatic heterocycles. The van der Waals surface area contributed by atoms with Crippen LogP contribution in [0.5, 0.6) is 0 Å². The number of aromatic nitrogens is 4. The maximum atomic E-state index is 13.0. The fourth-order valence-corrected chi connectivity index (χ4v) is 3.82. The molecule has 4 rings (SSSR count). The molecule has 1 aromatic carbocycles.